The summed E-state index contributed by atoms with van der Waals surface area (Å²) in [6.07, 6.45) is 0. The van der Waals surface area contributed by atoms with Crippen LogP contribution in [0.2, 0.25) is 0 Å². The van der Waals surface area contributed by atoms with Crippen LogP contribution in [0.4, 0.5) is 5.69 Å². The van der Waals surface area contributed by atoms with E-state index < -0.39 is 10.0 Å². The molecule has 13 heavy (non-hydrogen) atoms. The van der Waals surface area contributed by atoms with Gasteiger partial charge in [0.1, 0.15) is 0 Å². The van der Waals surface area contributed by atoms with Gasteiger partial charge in [0.15, 0.2) is 0 Å². The van der Waals surface area contributed by atoms with Crippen molar-refractivity contribution in [3.63, 3.8) is 0 Å². The molecule has 0 radical (unpaired) electrons. The summed E-state index contributed by atoms with van der Waals surface area (Å²) in [7, 11) is -3.65. The predicted octanol–water partition coefficient (Wildman–Crippen LogP) is -0.360. The second-order valence-electron chi connectivity index (χ2n) is 2.31. The number of anilines is 1. The van der Waals surface area contributed by atoms with E-state index in [-0.39, 0.29) is 4.90 Å². The summed E-state index contributed by atoms with van der Waals surface area (Å²) in [5.74, 6) is 0. The van der Waals surface area contributed by atoms with Gasteiger partial charge in [-0.3, -0.25) is 10.6 Å². The lowest BCUT2D eigenvalue weighted by Gasteiger charge is -2.03. The second-order valence-corrected chi connectivity index (χ2v) is 3.87. The lowest BCUT2D eigenvalue weighted by atomic mass is 10.3. The predicted molar refractivity (Wildman–Crippen MR) is 46.4 cm³/mol. The highest BCUT2D eigenvalue weighted by Crippen LogP contribution is 2.11. The third-order valence-corrected chi connectivity index (χ3v) is 2.31. The Labute approximate surface area is 75.4 Å². The molecule has 0 fully saturated rings. The Kier molecular flexibility index (Phi) is 2.83. The van der Waals surface area contributed by atoms with Crippen LogP contribution in [0.25, 0.3) is 0 Å². The van der Waals surface area contributed by atoms with Crippen LogP contribution < -0.4 is 16.2 Å². The summed E-state index contributed by atoms with van der Waals surface area (Å²) < 4.78 is 21.6. The van der Waals surface area contributed by atoms with Crippen LogP contribution in [-0.2, 0) is 10.0 Å². The number of rotatable bonds is 3. The van der Waals surface area contributed by atoms with Gasteiger partial charge >= 0.3 is 0 Å². The average Bonchev–Trinajstić information content (AvgIpc) is 2.04. The van der Waals surface area contributed by atoms with Gasteiger partial charge in [0.2, 0.25) is 10.0 Å². The molecule has 1 aromatic carbocycles. The third-order valence-electron chi connectivity index (χ3n) is 1.38. The molecular formula is C6H9N3O3S. The minimum absolute atomic E-state index is 0.0241. The lowest BCUT2D eigenvalue weighted by molar-refractivity contribution is 0.193. The topological polar surface area (TPSA) is 104 Å². The number of benzene rings is 1. The first-order valence-corrected chi connectivity index (χ1v) is 4.86. The molecule has 0 aliphatic heterocycles. The van der Waals surface area contributed by atoms with Gasteiger partial charge in [-0.2, -0.15) is 0 Å². The highest BCUT2D eigenvalue weighted by molar-refractivity contribution is 7.89. The first-order chi connectivity index (χ1) is 6.04. The highest BCUT2D eigenvalue weighted by atomic mass is 32.2. The highest BCUT2D eigenvalue weighted by Gasteiger charge is 2.05. The SMILES string of the molecule is NS(=O)(=O)c1ccc(NNO)cc1. The third kappa shape index (κ3) is 2.67. The van der Waals surface area contributed by atoms with Crippen LogP contribution in [0.15, 0.2) is 29.2 Å². The van der Waals surface area contributed by atoms with Crippen molar-refractivity contribution in [2.24, 2.45) is 5.14 Å². The Morgan fingerprint density at radius 2 is 1.77 bits per heavy atom. The standard InChI is InChI=1S/C6H9N3O3S/c7-13(11,12)6-3-1-5(2-4-6)8-9-10/h1-4,8-10H,(H2,7,11,12). The summed E-state index contributed by atoms with van der Waals surface area (Å²) in [4.78, 5) is 0.0241. The number of hydrogen-bond donors (Lipinski definition) is 4. The fraction of sp³-hybridized carbons (Fsp3) is 0. The van der Waals surface area contributed by atoms with E-state index >= 15 is 0 Å². The van der Waals surface area contributed by atoms with Crippen LogP contribution >= 0.6 is 0 Å². The van der Waals surface area contributed by atoms with E-state index in [1.54, 1.807) is 5.59 Å². The maximum atomic E-state index is 10.8. The molecule has 72 valence electrons. The van der Waals surface area contributed by atoms with Gasteiger partial charge < -0.3 is 0 Å². The van der Waals surface area contributed by atoms with Crippen molar-refractivity contribution < 1.29 is 13.6 Å². The van der Waals surface area contributed by atoms with Gasteiger partial charge in [-0.05, 0) is 24.3 Å². The van der Waals surface area contributed by atoms with Gasteiger partial charge in [-0.1, -0.05) is 0 Å². The monoisotopic (exact) mass is 203 g/mol. The molecule has 0 bridgehead atoms. The number of nitrogens with two attached hydrogens (primary N) is 1. The summed E-state index contributed by atoms with van der Waals surface area (Å²) in [5.41, 5.74) is 4.59. The number of hydrazine groups is 1. The maximum Gasteiger partial charge on any atom is 0.238 e. The zero-order valence-electron chi connectivity index (χ0n) is 6.56. The van der Waals surface area contributed by atoms with Crippen molar-refractivity contribution in [2.45, 2.75) is 4.90 Å². The molecule has 0 saturated heterocycles. The molecule has 0 spiro atoms. The van der Waals surface area contributed by atoms with Crippen LogP contribution in [0.5, 0.6) is 0 Å². The first-order valence-electron chi connectivity index (χ1n) is 3.32. The summed E-state index contributed by atoms with van der Waals surface area (Å²) in [5, 5.41) is 13.1. The number of primary sulfonamides is 1. The minimum atomic E-state index is -3.65. The molecule has 1 rings (SSSR count). The summed E-state index contributed by atoms with van der Waals surface area (Å²) in [6, 6.07) is 5.58. The van der Waals surface area contributed by atoms with Crippen molar-refractivity contribution in [1.29, 1.82) is 0 Å². The molecular weight excluding hydrogens is 194 g/mol. The Morgan fingerprint density at radius 3 is 2.15 bits per heavy atom. The van der Waals surface area contributed by atoms with Crippen molar-refractivity contribution in [1.82, 2.24) is 5.59 Å². The van der Waals surface area contributed by atoms with Gasteiger partial charge in [0.05, 0.1) is 10.6 Å². The molecule has 1 aromatic rings. The number of nitrogens with one attached hydrogen (secondary N) is 2. The van der Waals surface area contributed by atoms with Crippen LogP contribution in [0.1, 0.15) is 0 Å². The largest absolute Gasteiger partial charge is 0.299 e. The fourth-order valence-corrected chi connectivity index (χ4v) is 1.31. The quantitative estimate of drug-likeness (QED) is 0.502. The molecule has 0 saturated carbocycles. The minimum Gasteiger partial charge on any atom is -0.299 e. The normalized spacial score (nSPS) is 11.2. The second kappa shape index (κ2) is 3.71. The van der Waals surface area contributed by atoms with Crippen LogP contribution in [0, 0.1) is 0 Å². The summed E-state index contributed by atoms with van der Waals surface area (Å²) >= 11 is 0. The molecule has 5 N–H and O–H groups in total. The molecule has 6 nitrogen and oxygen atoms in total. The lowest BCUT2D eigenvalue weighted by Crippen LogP contribution is -2.16. The Balaban J connectivity index is 2.94. The van der Waals surface area contributed by atoms with E-state index in [0.29, 0.717) is 5.69 Å². The zero-order valence-corrected chi connectivity index (χ0v) is 7.38. The fourth-order valence-electron chi connectivity index (χ4n) is 0.792. The van der Waals surface area contributed by atoms with Crippen molar-refractivity contribution in [3.05, 3.63) is 24.3 Å². The Hall–Kier alpha value is -1.15. The number of hydrogen-bond acceptors (Lipinski definition) is 5. The van der Waals surface area contributed by atoms with E-state index in [9.17, 15) is 8.42 Å². The molecule has 0 aliphatic rings. The summed E-state index contributed by atoms with van der Waals surface area (Å²) in [6.45, 7) is 0. The molecule has 0 aromatic heterocycles. The van der Waals surface area contributed by atoms with E-state index in [4.69, 9.17) is 10.3 Å². The molecule has 7 heteroatoms. The molecule has 0 aliphatic carbocycles. The van der Waals surface area contributed by atoms with Crippen LogP contribution in [-0.4, -0.2) is 13.6 Å². The maximum absolute atomic E-state index is 10.8. The van der Waals surface area contributed by atoms with Gasteiger partial charge in [-0.25, -0.2) is 13.6 Å². The first kappa shape index (κ1) is 9.93. The molecule has 0 amide bonds. The Bertz CT molecular complexity index is 373. The van der Waals surface area contributed by atoms with E-state index in [0.717, 1.165) is 0 Å². The molecule has 0 unspecified atom stereocenters. The average molecular weight is 203 g/mol. The van der Waals surface area contributed by atoms with Gasteiger partial charge in [0.25, 0.3) is 0 Å². The Morgan fingerprint density at radius 1 is 1.23 bits per heavy atom. The van der Waals surface area contributed by atoms with Gasteiger partial charge in [-0.15, -0.1) is 5.59 Å². The van der Waals surface area contributed by atoms with E-state index in [1.165, 1.54) is 24.3 Å². The molecule has 0 atom stereocenters. The number of sulfonamides is 1. The van der Waals surface area contributed by atoms with Crippen molar-refractivity contribution in [2.75, 3.05) is 5.43 Å². The van der Waals surface area contributed by atoms with Crippen molar-refractivity contribution >= 4 is 15.7 Å². The smallest absolute Gasteiger partial charge is 0.238 e. The zero-order chi connectivity index (χ0) is 9.90. The van der Waals surface area contributed by atoms with E-state index in [1.807, 2.05) is 0 Å². The van der Waals surface area contributed by atoms with Crippen LogP contribution in [0.3, 0.4) is 0 Å². The van der Waals surface area contributed by atoms with Crippen molar-refractivity contribution in [3.8, 4) is 0 Å². The molecule has 0 heterocycles. The van der Waals surface area contributed by atoms with Gasteiger partial charge in [0, 0.05) is 0 Å². The van der Waals surface area contributed by atoms with E-state index in [2.05, 4.69) is 5.43 Å².